The molecular weight excluding hydrogens is 218 g/mol. The molecule has 0 aliphatic heterocycles. The molecule has 4 nitrogen and oxygen atoms in total. The first-order chi connectivity index (χ1) is 7.79. The van der Waals surface area contributed by atoms with Crippen molar-refractivity contribution in [1.82, 2.24) is 5.32 Å². The number of carbonyl (C=O) groups excluding carboxylic acids is 2. The average Bonchev–Trinajstić information content (AvgIpc) is 2.59. The maximum absolute atomic E-state index is 11.5. The lowest BCUT2D eigenvalue weighted by Gasteiger charge is -2.22. The van der Waals surface area contributed by atoms with Crippen molar-refractivity contribution >= 4 is 11.9 Å². The van der Waals surface area contributed by atoms with E-state index in [0.717, 1.165) is 19.3 Å². The first kappa shape index (κ1) is 14.0. The summed E-state index contributed by atoms with van der Waals surface area (Å²) in [7, 11) is 0. The topological polar surface area (TPSA) is 55.4 Å². The first-order valence-electron chi connectivity index (χ1n) is 6.27. The molecule has 0 aromatic rings. The fraction of sp³-hybridized carbons (Fsp3) is 0.846. The predicted molar refractivity (Wildman–Crippen MR) is 65.7 cm³/mol. The monoisotopic (exact) mass is 241 g/mol. The molecule has 98 valence electrons. The molecule has 0 unspecified atom stereocenters. The van der Waals surface area contributed by atoms with Crippen molar-refractivity contribution in [2.45, 2.75) is 52.6 Å². The standard InChI is InChI=1S/C13H23NO3/c1-9(15)11-7-5-6-10(11)8-14-12(16)17-13(2,3)4/h10-11H,5-8H2,1-4H3,(H,14,16)/t10-,11+/m0/s1. The lowest BCUT2D eigenvalue weighted by atomic mass is 9.93. The minimum atomic E-state index is -0.472. The molecule has 0 bridgehead atoms. The van der Waals surface area contributed by atoms with Crippen LogP contribution in [0.15, 0.2) is 0 Å². The van der Waals surface area contributed by atoms with E-state index in [-0.39, 0.29) is 17.6 Å². The van der Waals surface area contributed by atoms with Gasteiger partial charge in [-0.15, -0.1) is 0 Å². The molecular formula is C13H23NO3. The van der Waals surface area contributed by atoms with Crippen LogP contribution in [0.4, 0.5) is 4.79 Å². The molecule has 2 atom stereocenters. The van der Waals surface area contributed by atoms with Gasteiger partial charge in [0.05, 0.1) is 0 Å². The summed E-state index contributed by atoms with van der Waals surface area (Å²) in [5, 5.41) is 2.75. The molecule has 0 heterocycles. The van der Waals surface area contributed by atoms with Gasteiger partial charge in [-0.25, -0.2) is 4.79 Å². The number of ether oxygens (including phenoxy) is 1. The van der Waals surface area contributed by atoms with Crippen molar-refractivity contribution in [3.8, 4) is 0 Å². The molecule has 4 heteroatoms. The summed E-state index contributed by atoms with van der Waals surface area (Å²) in [6.07, 6.45) is 2.65. The van der Waals surface area contributed by atoms with Gasteiger partial charge in [0.25, 0.3) is 0 Å². The average molecular weight is 241 g/mol. The summed E-state index contributed by atoms with van der Waals surface area (Å²) in [6.45, 7) is 7.68. The van der Waals surface area contributed by atoms with E-state index in [2.05, 4.69) is 5.32 Å². The number of amides is 1. The van der Waals surface area contributed by atoms with E-state index < -0.39 is 11.7 Å². The van der Waals surface area contributed by atoms with E-state index in [1.807, 2.05) is 20.8 Å². The molecule has 0 aromatic heterocycles. The summed E-state index contributed by atoms with van der Waals surface area (Å²) in [4.78, 5) is 22.9. The third-order valence-corrected chi connectivity index (χ3v) is 3.09. The van der Waals surface area contributed by atoms with Gasteiger partial charge in [0.1, 0.15) is 11.4 Å². The van der Waals surface area contributed by atoms with Crippen LogP contribution < -0.4 is 5.32 Å². The predicted octanol–water partition coefficient (Wildman–Crippen LogP) is 2.52. The maximum atomic E-state index is 11.5. The van der Waals surface area contributed by atoms with Gasteiger partial charge in [0.15, 0.2) is 0 Å². The maximum Gasteiger partial charge on any atom is 0.407 e. The normalized spacial score (nSPS) is 24.5. The molecule has 0 radical (unpaired) electrons. The highest BCUT2D eigenvalue weighted by Gasteiger charge is 2.31. The second kappa shape index (κ2) is 5.52. The Balaban J connectivity index is 2.35. The van der Waals surface area contributed by atoms with E-state index >= 15 is 0 Å². The summed E-state index contributed by atoms with van der Waals surface area (Å²) in [6, 6.07) is 0. The van der Waals surface area contributed by atoms with E-state index in [0.29, 0.717) is 6.54 Å². The largest absolute Gasteiger partial charge is 0.444 e. The summed E-state index contributed by atoms with van der Waals surface area (Å²) in [5.41, 5.74) is -0.472. The second-order valence-corrected chi connectivity index (χ2v) is 5.79. The van der Waals surface area contributed by atoms with E-state index in [9.17, 15) is 9.59 Å². The highest BCUT2D eigenvalue weighted by molar-refractivity contribution is 5.79. The van der Waals surface area contributed by atoms with E-state index in [1.54, 1.807) is 6.92 Å². The minimum absolute atomic E-state index is 0.116. The zero-order valence-corrected chi connectivity index (χ0v) is 11.2. The van der Waals surface area contributed by atoms with Crippen LogP contribution in [-0.2, 0) is 9.53 Å². The van der Waals surface area contributed by atoms with Crippen LogP contribution in [0, 0.1) is 11.8 Å². The first-order valence-corrected chi connectivity index (χ1v) is 6.27. The minimum Gasteiger partial charge on any atom is -0.444 e. The van der Waals surface area contributed by atoms with E-state index in [4.69, 9.17) is 4.74 Å². The van der Waals surface area contributed by atoms with Gasteiger partial charge in [-0.2, -0.15) is 0 Å². The van der Waals surface area contributed by atoms with Gasteiger partial charge in [-0.3, -0.25) is 4.79 Å². The van der Waals surface area contributed by atoms with Crippen LogP contribution in [0.5, 0.6) is 0 Å². The molecule has 1 amide bonds. The number of hydrogen-bond donors (Lipinski definition) is 1. The van der Waals surface area contributed by atoms with Gasteiger partial charge < -0.3 is 10.1 Å². The molecule has 1 rings (SSSR count). The Hall–Kier alpha value is -1.06. The van der Waals surface area contributed by atoms with Crippen LogP contribution >= 0.6 is 0 Å². The number of Topliss-reactive ketones (excluding diaryl/α,β-unsaturated/α-hetero) is 1. The van der Waals surface area contributed by atoms with Crippen LogP contribution in [-0.4, -0.2) is 24.0 Å². The van der Waals surface area contributed by atoms with Gasteiger partial charge in [0, 0.05) is 12.5 Å². The Bertz CT molecular complexity index is 294. The number of hydrogen-bond acceptors (Lipinski definition) is 3. The zero-order chi connectivity index (χ0) is 13.1. The quantitative estimate of drug-likeness (QED) is 0.826. The van der Waals surface area contributed by atoms with Crippen molar-refractivity contribution in [3.63, 3.8) is 0 Å². The van der Waals surface area contributed by atoms with Crippen molar-refractivity contribution in [2.75, 3.05) is 6.54 Å². The Morgan fingerprint density at radius 2 is 1.94 bits per heavy atom. The number of rotatable bonds is 3. The zero-order valence-electron chi connectivity index (χ0n) is 11.2. The second-order valence-electron chi connectivity index (χ2n) is 5.79. The molecule has 1 fully saturated rings. The van der Waals surface area contributed by atoms with E-state index in [1.165, 1.54) is 0 Å². The lowest BCUT2D eigenvalue weighted by molar-refractivity contribution is -0.121. The highest BCUT2D eigenvalue weighted by Crippen LogP contribution is 2.31. The third-order valence-electron chi connectivity index (χ3n) is 3.09. The van der Waals surface area contributed by atoms with Gasteiger partial charge in [-0.05, 0) is 46.5 Å². The van der Waals surface area contributed by atoms with Crippen LogP contribution in [0.2, 0.25) is 0 Å². The summed E-state index contributed by atoms with van der Waals surface area (Å²) in [5.74, 6) is 0.628. The Morgan fingerprint density at radius 1 is 1.29 bits per heavy atom. The van der Waals surface area contributed by atoms with Crippen LogP contribution in [0.25, 0.3) is 0 Å². The Morgan fingerprint density at radius 3 is 2.47 bits per heavy atom. The molecule has 1 aliphatic rings. The fourth-order valence-electron chi connectivity index (χ4n) is 2.34. The lowest BCUT2D eigenvalue weighted by Crippen LogP contribution is -2.36. The molecule has 1 N–H and O–H groups in total. The molecule has 17 heavy (non-hydrogen) atoms. The van der Waals surface area contributed by atoms with Crippen molar-refractivity contribution in [2.24, 2.45) is 11.8 Å². The van der Waals surface area contributed by atoms with Crippen LogP contribution in [0.3, 0.4) is 0 Å². The third kappa shape index (κ3) is 4.75. The molecule has 0 aromatic carbocycles. The van der Waals surface area contributed by atoms with Gasteiger partial charge in [0.2, 0.25) is 0 Å². The van der Waals surface area contributed by atoms with Gasteiger partial charge in [-0.1, -0.05) is 6.42 Å². The molecule has 0 saturated heterocycles. The van der Waals surface area contributed by atoms with Crippen molar-refractivity contribution in [3.05, 3.63) is 0 Å². The summed E-state index contributed by atoms with van der Waals surface area (Å²) < 4.78 is 5.16. The van der Waals surface area contributed by atoms with Crippen molar-refractivity contribution < 1.29 is 14.3 Å². The molecule has 0 spiro atoms. The number of alkyl carbamates (subject to hydrolysis) is 1. The molecule has 1 saturated carbocycles. The number of carbonyl (C=O) groups is 2. The summed E-state index contributed by atoms with van der Waals surface area (Å²) >= 11 is 0. The molecule has 1 aliphatic carbocycles. The van der Waals surface area contributed by atoms with Crippen LogP contribution in [0.1, 0.15) is 47.0 Å². The Kier molecular flexibility index (Phi) is 4.54. The Labute approximate surface area is 103 Å². The number of ketones is 1. The number of nitrogens with one attached hydrogen (secondary N) is 1. The fourth-order valence-corrected chi connectivity index (χ4v) is 2.34. The van der Waals surface area contributed by atoms with Crippen molar-refractivity contribution in [1.29, 1.82) is 0 Å². The highest BCUT2D eigenvalue weighted by atomic mass is 16.6. The SMILES string of the molecule is CC(=O)[C@H]1CCC[C@H]1CNC(=O)OC(C)(C)C. The van der Waals surface area contributed by atoms with Gasteiger partial charge >= 0.3 is 6.09 Å². The smallest absolute Gasteiger partial charge is 0.407 e.